The highest BCUT2D eigenvalue weighted by Crippen LogP contribution is 2.43. The van der Waals surface area contributed by atoms with Crippen LogP contribution in [0.25, 0.3) is 11.1 Å². The number of urea groups is 1. The molecule has 2 N–H and O–H groups in total. The van der Waals surface area contributed by atoms with Crippen LogP contribution in [0, 0.1) is 11.7 Å². The van der Waals surface area contributed by atoms with E-state index in [1.807, 2.05) is 23.1 Å². The van der Waals surface area contributed by atoms with Gasteiger partial charge in [0.05, 0.1) is 6.20 Å². The molecule has 2 aromatic carbocycles. The molecule has 2 fully saturated rings. The summed E-state index contributed by atoms with van der Waals surface area (Å²) in [6.07, 6.45) is 7.99. The molecule has 1 saturated carbocycles. The maximum Gasteiger partial charge on any atom is 0.325 e. The highest BCUT2D eigenvalue weighted by molar-refractivity contribution is 6.10. The van der Waals surface area contributed by atoms with E-state index in [1.54, 1.807) is 36.3 Å². The number of aromatic nitrogens is 2. The predicted octanol–water partition coefficient (Wildman–Crippen LogP) is 2.88. The number of hydrogen-bond acceptors (Lipinski definition) is 5. The van der Waals surface area contributed by atoms with Crippen molar-refractivity contribution in [2.75, 3.05) is 13.6 Å². The number of carbonyl (C=O) groups is 4. The van der Waals surface area contributed by atoms with Crippen molar-refractivity contribution in [3.63, 3.8) is 0 Å². The van der Waals surface area contributed by atoms with Crippen LogP contribution in [0.2, 0.25) is 0 Å². The lowest BCUT2D eigenvalue weighted by atomic mass is 9.90. The zero-order chi connectivity index (χ0) is 29.9. The first-order chi connectivity index (χ1) is 20.8. The Morgan fingerprint density at radius 3 is 2.65 bits per heavy atom. The Morgan fingerprint density at radius 2 is 1.86 bits per heavy atom. The Bertz CT molecular complexity index is 1660. The second kappa shape index (κ2) is 10.3. The topological polar surface area (TPSA) is 117 Å². The van der Waals surface area contributed by atoms with Crippen LogP contribution in [-0.2, 0) is 45.9 Å². The van der Waals surface area contributed by atoms with Gasteiger partial charge in [0.2, 0.25) is 11.8 Å². The molecule has 1 spiro atoms. The zero-order valence-electron chi connectivity index (χ0n) is 23.9. The number of rotatable bonds is 6. The number of halogens is 1. The highest BCUT2D eigenvalue weighted by Gasteiger charge is 2.56. The van der Waals surface area contributed by atoms with E-state index in [-0.39, 0.29) is 36.8 Å². The van der Waals surface area contributed by atoms with Crippen LogP contribution >= 0.6 is 0 Å². The second-order valence-corrected chi connectivity index (χ2v) is 12.1. The third-order valence-corrected chi connectivity index (χ3v) is 9.46. The summed E-state index contributed by atoms with van der Waals surface area (Å²) in [6, 6.07) is 9.89. The number of nitrogens with one attached hydrogen (secondary N) is 2. The van der Waals surface area contributed by atoms with Crippen LogP contribution in [-0.4, -0.2) is 63.0 Å². The molecule has 3 heterocycles. The number of hydrogen-bond donors (Lipinski definition) is 2. The van der Waals surface area contributed by atoms with Gasteiger partial charge >= 0.3 is 6.03 Å². The molecule has 0 radical (unpaired) electrons. The molecular weight excluding hydrogens is 551 g/mol. The molecule has 222 valence electrons. The number of imide groups is 1. The van der Waals surface area contributed by atoms with Gasteiger partial charge in [-0.05, 0) is 84.4 Å². The molecule has 1 aromatic heterocycles. The Morgan fingerprint density at radius 1 is 1.02 bits per heavy atom. The van der Waals surface area contributed by atoms with Crippen molar-refractivity contribution in [2.45, 2.75) is 63.2 Å². The number of likely N-dealkylation sites (N-methyl/N-ethyl adjacent to an activating group) is 1. The fourth-order valence-corrected chi connectivity index (χ4v) is 7.01. The normalized spacial score (nSPS) is 22.8. The van der Waals surface area contributed by atoms with Crippen molar-refractivity contribution in [1.82, 2.24) is 30.2 Å². The van der Waals surface area contributed by atoms with Crippen molar-refractivity contribution in [2.24, 2.45) is 5.92 Å². The number of amides is 5. The summed E-state index contributed by atoms with van der Waals surface area (Å²) in [7, 11) is 1.57. The van der Waals surface area contributed by atoms with Crippen molar-refractivity contribution < 1.29 is 23.6 Å². The molecule has 2 atom stereocenters. The lowest BCUT2D eigenvalue weighted by molar-refractivity contribution is -0.141. The maximum atomic E-state index is 13.9. The van der Waals surface area contributed by atoms with E-state index in [4.69, 9.17) is 0 Å². The van der Waals surface area contributed by atoms with E-state index >= 15 is 0 Å². The Labute approximate surface area is 248 Å². The first kappa shape index (κ1) is 27.3. The van der Waals surface area contributed by atoms with Crippen molar-refractivity contribution in [3.8, 4) is 11.1 Å². The molecule has 2 aliphatic carbocycles. The molecule has 11 heteroatoms. The van der Waals surface area contributed by atoms with Gasteiger partial charge in [0.25, 0.3) is 5.91 Å². The Hall–Kier alpha value is -4.54. The third-order valence-electron chi connectivity index (χ3n) is 9.46. The summed E-state index contributed by atoms with van der Waals surface area (Å²) in [5.41, 5.74) is 4.05. The standard InChI is InChI=1S/C32H33FN6O4/c1-34-28(40)17-37-15-24(14-35-37)20-5-8-26-22(12-20)10-11-32(26)30(42)39(31(43)36-32)18-29(41)38-16-23-4-7-25(33)13-21(23)6-9-27(38)19-2-3-19/h4-5,7-8,12-15,19,27H,2-3,6,9-11,16-18H2,1H3,(H,34,40)(H,36,43)/t27?,32-/m1/s1. The molecule has 5 amide bonds. The molecule has 43 heavy (non-hydrogen) atoms. The lowest BCUT2D eigenvalue weighted by Crippen LogP contribution is -2.48. The number of nitrogens with zero attached hydrogens (tertiary/aromatic N) is 4. The minimum absolute atomic E-state index is 0.00373. The van der Waals surface area contributed by atoms with E-state index in [2.05, 4.69) is 15.7 Å². The van der Waals surface area contributed by atoms with Gasteiger partial charge in [0.15, 0.2) is 0 Å². The number of benzene rings is 2. The van der Waals surface area contributed by atoms with Gasteiger partial charge in [-0.3, -0.25) is 24.0 Å². The largest absolute Gasteiger partial charge is 0.358 e. The van der Waals surface area contributed by atoms with E-state index in [0.717, 1.165) is 57.5 Å². The molecule has 0 bridgehead atoms. The number of aryl methyl sites for hydroxylation is 2. The fourth-order valence-electron chi connectivity index (χ4n) is 7.01. The fraction of sp³-hybridized carbons (Fsp3) is 0.406. The maximum absolute atomic E-state index is 13.9. The SMILES string of the molecule is CNC(=O)Cn1cc(-c2ccc3c(c2)CC[C@@]32NC(=O)N(CC(=O)N3Cc4ccc(F)cc4CCC3C3CC3)C2=O)cn1. The Balaban J connectivity index is 1.10. The molecular formula is C32H33FN6O4. The first-order valence-corrected chi connectivity index (χ1v) is 14.8. The summed E-state index contributed by atoms with van der Waals surface area (Å²) in [4.78, 5) is 55.6. The highest BCUT2D eigenvalue weighted by atomic mass is 19.1. The van der Waals surface area contributed by atoms with Crippen molar-refractivity contribution in [1.29, 1.82) is 0 Å². The van der Waals surface area contributed by atoms with Gasteiger partial charge in [-0.15, -0.1) is 0 Å². The van der Waals surface area contributed by atoms with E-state index in [0.29, 0.717) is 31.7 Å². The van der Waals surface area contributed by atoms with E-state index < -0.39 is 17.5 Å². The molecule has 4 aliphatic rings. The average Bonchev–Trinajstić information content (AvgIpc) is 3.61. The summed E-state index contributed by atoms with van der Waals surface area (Å²) in [5, 5.41) is 9.78. The van der Waals surface area contributed by atoms with E-state index in [1.165, 1.54) is 6.07 Å². The van der Waals surface area contributed by atoms with Crippen LogP contribution < -0.4 is 10.6 Å². The van der Waals surface area contributed by atoms with Crippen LogP contribution in [0.5, 0.6) is 0 Å². The quantitative estimate of drug-likeness (QED) is 0.433. The minimum Gasteiger partial charge on any atom is -0.358 e. The van der Waals surface area contributed by atoms with E-state index in [9.17, 15) is 23.6 Å². The summed E-state index contributed by atoms with van der Waals surface area (Å²) >= 11 is 0. The molecule has 10 nitrogen and oxygen atoms in total. The molecule has 1 unspecified atom stereocenters. The van der Waals surface area contributed by atoms with Crippen LogP contribution in [0.15, 0.2) is 48.8 Å². The first-order valence-electron chi connectivity index (χ1n) is 14.8. The van der Waals surface area contributed by atoms with Crippen LogP contribution in [0.1, 0.15) is 47.9 Å². The van der Waals surface area contributed by atoms with Crippen LogP contribution in [0.3, 0.4) is 0 Å². The summed E-state index contributed by atoms with van der Waals surface area (Å²) < 4.78 is 15.5. The number of fused-ring (bicyclic) bond motifs is 3. The van der Waals surface area contributed by atoms with Crippen molar-refractivity contribution >= 4 is 23.8 Å². The molecule has 3 aromatic rings. The van der Waals surface area contributed by atoms with Gasteiger partial charge in [0.1, 0.15) is 24.4 Å². The smallest absolute Gasteiger partial charge is 0.325 e. The third kappa shape index (κ3) is 4.76. The average molecular weight is 585 g/mol. The monoisotopic (exact) mass is 584 g/mol. The molecule has 1 saturated heterocycles. The summed E-state index contributed by atoms with van der Waals surface area (Å²) in [5.74, 6) is -0.716. The minimum atomic E-state index is -1.20. The Kier molecular flexibility index (Phi) is 6.55. The van der Waals surface area contributed by atoms with Gasteiger partial charge in [-0.25, -0.2) is 9.18 Å². The van der Waals surface area contributed by atoms with Crippen molar-refractivity contribution in [3.05, 3.63) is 76.9 Å². The van der Waals surface area contributed by atoms with Gasteiger partial charge < -0.3 is 15.5 Å². The van der Waals surface area contributed by atoms with Gasteiger partial charge in [-0.2, -0.15) is 5.10 Å². The van der Waals surface area contributed by atoms with Gasteiger partial charge in [-0.1, -0.05) is 24.3 Å². The van der Waals surface area contributed by atoms with Crippen LogP contribution in [0.4, 0.5) is 9.18 Å². The second-order valence-electron chi connectivity index (χ2n) is 12.1. The number of carbonyl (C=O) groups excluding carboxylic acids is 4. The zero-order valence-corrected chi connectivity index (χ0v) is 23.9. The molecule has 7 rings (SSSR count). The summed E-state index contributed by atoms with van der Waals surface area (Å²) in [6.45, 7) is 0.128. The predicted molar refractivity (Wildman–Crippen MR) is 154 cm³/mol. The molecule has 2 aliphatic heterocycles. The van der Waals surface area contributed by atoms with Gasteiger partial charge in [0, 0.05) is 31.4 Å². The lowest BCUT2D eigenvalue weighted by Gasteiger charge is -2.31.